The molecule has 0 aliphatic heterocycles. The minimum absolute atomic E-state index is 0.274. The summed E-state index contributed by atoms with van der Waals surface area (Å²) in [6, 6.07) is 14.6. The average molecular weight is 283 g/mol. The Morgan fingerprint density at radius 1 is 1.05 bits per heavy atom. The van der Waals surface area contributed by atoms with Crippen molar-refractivity contribution in [3.05, 3.63) is 75.1 Å². The number of methoxy groups -OCH3 is 1. The Balaban J connectivity index is 2.28. The molecule has 2 aromatic carbocycles. The van der Waals surface area contributed by atoms with Crippen molar-refractivity contribution in [2.24, 2.45) is 0 Å². The smallest absolute Gasteiger partial charge is 0.422 e. The molecule has 106 valence electrons. The van der Waals surface area contributed by atoms with Crippen molar-refractivity contribution in [2.45, 2.75) is 6.54 Å². The number of ether oxygens (including phenoxy) is 1. The zero-order valence-corrected chi connectivity index (χ0v) is 11.4. The lowest BCUT2D eigenvalue weighted by atomic mass is 10.2. The molecule has 0 saturated heterocycles. The van der Waals surface area contributed by atoms with Crippen LogP contribution in [0.25, 0.3) is 10.9 Å². The van der Waals surface area contributed by atoms with Gasteiger partial charge in [-0.05, 0) is 17.7 Å². The van der Waals surface area contributed by atoms with Crippen molar-refractivity contribution < 1.29 is 9.15 Å². The lowest BCUT2D eigenvalue weighted by Gasteiger charge is -2.10. The molecule has 0 radical (unpaired) electrons. The molecule has 3 rings (SSSR count). The molecule has 0 saturated carbocycles. The van der Waals surface area contributed by atoms with Crippen LogP contribution in [-0.4, -0.2) is 11.7 Å². The van der Waals surface area contributed by atoms with E-state index < -0.39 is 11.4 Å². The van der Waals surface area contributed by atoms with Gasteiger partial charge in [0.25, 0.3) is 0 Å². The van der Waals surface area contributed by atoms with Gasteiger partial charge in [0.05, 0.1) is 19.2 Å². The fraction of sp³-hybridized carbons (Fsp3) is 0.125. The molecule has 5 nitrogen and oxygen atoms in total. The summed E-state index contributed by atoms with van der Waals surface area (Å²) >= 11 is 0. The minimum Gasteiger partial charge on any atom is -0.496 e. The van der Waals surface area contributed by atoms with Gasteiger partial charge >= 0.3 is 11.4 Å². The van der Waals surface area contributed by atoms with Crippen LogP contribution in [-0.2, 0) is 6.54 Å². The van der Waals surface area contributed by atoms with Crippen LogP contribution in [0.3, 0.4) is 0 Å². The van der Waals surface area contributed by atoms with Gasteiger partial charge in [-0.1, -0.05) is 36.4 Å². The average Bonchev–Trinajstić information content (AvgIpc) is 2.51. The summed E-state index contributed by atoms with van der Waals surface area (Å²) in [7, 11) is 1.47. The minimum atomic E-state index is -0.684. The summed E-state index contributed by atoms with van der Waals surface area (Å²) in [6.07, 6.45) is 0. The van der Waals surface area contributed by atoms with Crippen LogP contribution in [0.1, 0.15) is 5.56 Å². The Labute approximate surface area is 120 Å². The van der Waals surface area contributed by atoms with Gasteiger partial charge in [-0.15, -0.1) is 0 Å². The number of hydrogen-bond donors (Lipinski definition) is 0. The monoisotopic (exact) mass is 283 g/mol. The van der Waals surface area contributed by atoms with Crippen molar-refractivity contribution in [1.29, 1.82) is 0 Å². The number of benzene rings is 2. The Morgan fingerprint density at radius 3 is 2.52 bits per heavy atom. The molecular weight excluding hydrogens is 270 g/mol. The first-order valence-electron chi connectivity index (χ1n) is 6.45. The van der Waals surface area contributed by atoms with Gasteiger partial charge in [0, 0.05) is 0 Å². The molecule has 0 atom stereocenters. The standard InChI is InChI=1S/C16H13NO4/c1-20-13-9-5-8-12-14(13)15(18)21-16(19)17(12)10-11-6-3-2-4-7-11/h2-9H,10H2,1H3. The SMILES string of the molecule is COc1cccc2c1c(=O)oc(=O)n2Cc1ccccc1. The Hall–Kier alpha value is -2.82. The van der Waals surface area contributed by atoms with Gasteiger partial charge in [0.1, 0.15) is 11.1 Å². The number of aromatic nitrogens is 1. The molecule has 0 unspecified atom stereocenters. The largest absolute Gasteiger partial charge is 0.496 e. The van der Waals surface area contributed by atoms with E-state index in [9.17, 15) is 9.59 Å². The van der Waals surface area contributed by atoms with Gasteiger partial charge in [-0.25, -0.2) is 9.59 Å². The molecule has 0 fully saturated rings. The van der Waals surface area contributed by atoms with E-state index in [4.69, 9.17) is 9.15 Å². The Bertz CT molecular complexity index is 894. The molecule has 0 N–H and O–H groups in total. The van der Waals surface area contributed by atoms with Crippen molar-refractivity contribution in [2.75, 3.05) is 7.11 Å². The molecule has 21 heavy (non-hydrogen) atoms. The summed E-state index contributed by atoms with van der Waals surface area (Å²) in [6.45, 7) is 0.327. The van der Waals surface area contributed by atoms with E-state index in [1.54, 1.807) is 18.2 Å². The molecule has 1 aromatic heterocycles. The summed E-state index contributed by atoms with van der Waals surface area (Å²) in [5, 5.41) is 0.274. The van der Waals surface area contributed by atoms with Crippen LogP contribution in [0.15, 0.2) is 62.5 Å². The predicted molar refractivity (Wildman–Crippen MR) is 78.8 cm³/mol. The fourth-order valence-corrected chi connectivity index (χ4v) is 2.32. The topological polar surface area (TPSA) is 61.4 Å². The van der Waals surface area contributed by atoms with Gasteiger partial charge in [0.15, 0.2) is 0 Å². The van der Waals surface area contributed by atoms with Gasteiger partial charge in [-0.2, -0.15) is 0 Å². The maximum absolute atomic E-state index is 12.0. The molecule has 5 heteroatoms. The second kappa shape index (κ2) is 5.28. The molecule has 3 aromatic rings. The first-order valence-corrected chi connectivity index (χ1v) is 6.45. The Morgan fingerprint density at radius 2 is 1.81 bits per heavy atom. The summed E-state index contributed by atoms with van der Waals surface area (Å²) < 4.78 is 11.4. The number of nitrogens with zero attached hydrogens (tertiary/aromatic N) is 1. The van der Waals surface area contributed by atoms with Gasteiger partial charge < -0.3 is 9.15 Å². The molecule has 0 amide bonds. The second-order valence-corrected chi connectivity index (χ2v) is 4.58. The van der Waals surface area contributed by atoms with E-state index in [1.165, 1.54) is 11.7 Å². The highest BCUT2D eigenvalue weighted by molar-refractivity contribution is 5.84. The van der Waals surface area contributed by atoms with E-state index in [1.807, 2.05) is 30.3 Å². The fourth-order valence-electron chi connectivity index (χ4n) is 2.32. The third-order valence-electron chi connectivity index (χ3n) is 3.30. The van der Waals surface area contributed by atoms with E-state index in [0.29, 0.717) is 17.8 Å². The van der Waals surface area contributed by atoms with Crippen molar-refractivity contribution in [3.63, 3.8) is 0 Å². The summed E-state index contributed by atoms with van der Waals surface area (Å²) in [4.78, 5) is 23.9. The molecule has 1 heterocycles. The Kier molecular flexibility index (Phi) is 3.31. The quantitative estimate of drug-likeness (QED) is 0.737. The highest BCUT2D eigenvalue weighted by Crippen LogP contribution is 2.21. The third kappa shape index (κ3) is 2.33. The van der Waals surface area contributed by atoms with Crippen LogP contribution < -0.4 is 16.1 Å². The van der Waals surface area contributed by atoms with E-state index in [-0.39, 0.29) is 5.39 Å². The molecule has 0 spiro atoms. The molecule has 0 aliphatic carbocycles. The summed E-state index contributed by atoms with van der Waals surface area (Å²) in [5.74, 6) is -0.285. The van der Waals surface area contributed by atoms with Crippen molar-refractivity contribution in [3.8, 4) is 5.75 Å². The second-order valence-electron chi connectivity index (χ2n) is 4.58. The first-order chi connectivity index (χ1) is 10.2. The third-order valence-corrected chi connectivity index (χ3v) is 3.30. The lowest BCUT2D eigenvalue weighted by molar-refractivity contribution is 0.404. The van der Waals surface area contributed by atoms with Crippen LogP contribution >= 0.6 is 0 Å². The lowest BCUT2D eigenvalue weighted by Crippen LogP contribution is -2.25. The number of fused-ring (bicyclic) bond motifs is 1. The van der Waals surface area contributed by atoms with E-state index in [2.05, 4.69) is 0 Å². The molecule has 0 aliphatic rings. The highest BCUT2D eigenvalue weighted by Gasteiger charge is 2.13. The predicted octanol–water partition coefficient (Wildman–Crippen LogP) is 2.01. The van der Waals surface area contributed by atoms with Crippen molar-refractivity contribution >= 4 is 10.9 Å². The van der Waals surface area contributed by atoms with E-state index in [0.717, 1.165) is 5.56 Å². The first kappa shape index (κ1) is 13.2. The zero-order chi connectivity index (χ0) is 14.8. The molecular formula is C16H13NO4. The van der Waals surface area contributed by atoms with E-state index >= 15 is 0 Å². The van der Waals surface area contributed by atoms with Gasteiger partial charge in [0.2, 0.25) is 0 Å². The maximum atomic E-state index is 12.0. The van der Waals surface area contributed by atoms with Crippen molar-refractivity contribution in [1.82, 2.24) is 4.57 Å². The highest BCUT2D eigenvalue weighted by atomic mass is 16.5. The zero-order valence-electron chi connectivity index (χ0n) is 11.4. The number of hydrogen-bond acceptors (Lipinski definition) is 4. The number of rotatable bonds is 3. The van der Waals surface area contributed by atoms with Crippen LogP contribution in [0, 0.1) is 0 Å². The van der Waals surface area contributed by atoms with Crippen LogP contribution in [0.4, 0.5) is 0 Å². The maximum Gasteiger partial charge on any atom is 0.422 e. The molecule has 0 bridgehead atoms. The van der Waals surface area contributed by atoms with Crippen LogP contribution in [0.2, 0.25) is 0 Å². The van der Waals surface area contributed by atoms with Gasteiger partial charge in [-0.3, -0.25) is 4.57 Å². The summed E-state index contributed by atoms with van der Waals surface area (Å²) in [5.41, 5.74) is 0.758. The van der Waals surface area contributed by atoms with Crippen LogP contribution in [0.5, 0.6) is 5.75 Å². The normalized spacial score (nSPS) is 10.7.